The molecule has 0 saturated heterocycles. The molecule has 0 unspecified atom stereocenters. The van der Waals surface area contributed by atoms with Crippen LogP contribution in [0.3, 0.4) is 0 Å². The summed E-state index contributed by atoms with van der Waals surface area (Å²) in [7, 11) is 1.75. The fourth-order valence-corrected chi connectivity index (χ4v) is 2.05. The van der Waals surface area contributed by atoms with Crippen molar-refractivity contribution in [2.24, 2.45) is 0 Å². The van der Waals surface area contributed by atoms with E-state index in [1.807, 2.05) is 0 Å². The molecule has 94 valence electrons. The predicted molar refractivity (Wildman–Crippen MR) is 67.4 cm³/mol. The normalized spacial score (nSPS) is 9.82. The van der Waals surface area contributed by atoms with Crippen LogP contribution in [0, 0.1) is 6.92 Å². The first kappa shape index (κ1) is 13.4. The summed E-state index contributed by atoms with van der Waals surface area (Å²) < 4.78 is 4.11. The van der Waals surface area contributed by atoms with Gasteiger partial charge in [0.05, 0.1) is 11.3 Å². The third-order valence-corrected chi connectivity index (χ3v) is 3.06. The molecule has 17 heavy (non-hydrogen) atoms. The Hall–Kier alpha value is -1.63. The Morgan fingerprint density at radius 1 is 1.29 bits per heavy atom. The number of aromatic nitrogens is 1. The smallest absolute Gasteiger partial charge is 0.256 e. The number of hydrogen-bond donors (Lipinski definition) is 3. The van der Waals surface area contributed by atoms with Crippen LogP contribution in [-0.2, 0) is 4.79 Å². The minimum Gasteiger partial charge on any atom is -0.378 e. The highest BCUT2D eigenvalue weighted by Crippen LogP contribution is 2.23. The van der Waals surface area contributed by atoms with Gasteiger partial charge < -0.3 is 16.0 Å². The van der Waals surface area contributed by atoms with Gasteiger partial charge in [0.1, 0.15) is 5.00 Å². The van der Waals surface area contributed by atoms with Crippen molar-refractivity contribution in [1.29, 1.82) is 0 Å². The highest BCUT2D eigenvalue weighted by molar-refractivity contribution is 7.10. The number of nitrogens with one attached hydrogen (secondary N) is 3. The maximum atomic E-state index is 11.9. The Morgan fingerprint density at radius 3 is 2.53 bits per heavy atom. The molecular formula is C10H16N4O2S. The average molecular weight is 256 g/mol. The minimum atomic E-state index is -0.175. The molecule has 1 rings (SSSR count). The van der Waals surface area contributed by atoms with Crippen molar-refractivity contribution in [3.8, 4) is 0 Å². The van der Waals surface area contributed by atoms with Crippen LogP contribution in [0.5, 0.6) is 0 Å². The molecule has 3 N–H and O–H groups in total. The van der Waals surface area contributed by atoms with E-state index in [-0.39, 0.29) is 11.8 Å². The molecule has 1 aromatic heterocycles. The summed E-state index contributed by atoms with van der Waals surface area (Å²) in [6, 6.07) is 0. The lowest BCUT2D eigenvalue weighted by atomic mass is 10.2. The van der Waals surface area contributed by atoms with E-state index in [0.717, 1.165) is 5.00 Å². The molecule has 7 heteroatoms. The molecule has 6 nitrogen and oxygen atoms in total. The van der Waals surface area contributed by atoms with E-state index < -0.39 is 0 Å². The first-order valence-electron chi connectivity index (χ1n) is 5.23. The summed E-state index contributed by atoms with van der Waals surface area (Å²) in [5, 5.41) is 9.02. The lowest BCUT2D eigenvalue weighted by Gasteiger charge is -2.06. The largest absolute Gasteiger partial charge is 0.378 e. The fraction of sp³-hybridized carbons (Fsp3) is 0.500. The Balaban J connectivity index is 2.52. The van der Waals surface area contributed by atoms with Crippen LogP contribution in [0.15, 0.2) is 0 Å². The van der Waals surface area contributed by atoms with Crippen LogP contribution in [0.25, 0.3) is 0 Å². The van der Waals surface area contributed by atoms with E-state index in [9.17, 15) is 9.59 Å². The maximum Gasteiger partial charge on any atom is 0.256 e. The second kappa shape index (κ2) is 6.19. The summed E-state index contributed by atoms with van der Waals surface area (Å²) in [6.07, 6.45) is 0. The molecule has 0 aliphatic heterocycles. The number of amides is 2. The van der Waals surface area contributed by atoms with Gasteiger partial charge in [-0.15, -0.1) is 0 Å². The number of carbonyl (C=O) groups is 2. The number of aryl methyl sites for hydroxylation is 1. The van der Waals surface area contributed by atoms with Crippen LogP contribution in [0.1, 0.15) is 23.0 Å². The Kier molecular flexibility index (Phi) is 4.89. The molecule has 0 atom stereocenters. The highest BCUT2D eigenvalue weighted by atomic mass is 32.1. The number of rotatable bonds is 5. The van der Waals surface area contributed by atoms with Gasteiger partial charge in [0, 0.05) is 27.1 Å². The maximum absolute atomic E-state index is 11.9. The first-order valence-corrected chi connectivity index (χ1v) is 6.00. The zero-order valence-corrected chi connectivity index (χ0v) is 10.9. The van der Waals surface area contributed by atoms with Gasteiger partial charge in [0.2, 0.25) is 5.91 Å². The molecule has 0 spiro atoms. The van der Waals surface area contributed by atoms with Crippen LogP contribution < -0.4 is 16.0 Å². The van der Waals surface area contributed by atoms with Gasteiger partial charge in [0.25, 0.3) is 5.91 Å². The lowest BCUT2D eigenvalue weighted by Crippen LogP contribution is -2.34. The van der Waals surface area contributed by atoms with Crippen molar-refractivity contribution in [2.45, 2.75) is 13.8 Å². The van der Waals surface area contributed by atoms with Crippen molar-refractivity contribution < 1.29 is 9.59 Å². The third kappa shape index (κ3) is 3.70. The molecule has 0 saturated carbocycles. The quantitative estimate of drug-likeness (QED) is 0.664. The Bertz CT molecular complexity index is 416. The predicted octanol–water partition coefficient (Wildman–Crippen LogP) is 0.359. The molecule has 1 aromatic rings. The van der Waals surface area contributed by atoms with E-state index in [1.54, 1.807) is 14.0 Å². The second-order valence-electron chi connectivity index (χ2n) is 3.46. The topological polar surface area (TPSA) is 83.1 Å². The highest BCUT2D eigenvalue weighted by Gasteiger charge is 2.16. The fourth-order valence-electron chi connectivity index (χ4n) is 1.31. The molecule has 0 fully saturated rings. The Labute approximate surface area is 104 Å². The van der Waals surface area contributed by atoms with Gasteiger partial charge in [-0.3, -0.25) is 9.59 Å². The summed E-state index contributed by atoms with van der Waals surface area (Å²) in [4.78, 5) is 22.5. The van der Waals surface area contributed by atoms with Crippen LogP contribution in [0.4, 0.5) is 5.00 Å². The van der Waals surface area contributed by atoms with E-state index in [1.165, 1.54) is 18.5 Å². The van der Waals surface area contributed by atoms with Crippen molar-refractivity contribution >= 4 is 28.3 Å². The zero-order chi connectivity index (χ0) is 12.8. The minimum absolute atomic E-state index is 0.108. The van der Waals surface area contributed by atoms with E-state index in [0.29, 0.717) is 24.3 Å². The van der Waals surface area contributed by atoms with E-state index in [4.69, 9.17) is 0 Å². The van der Waals surface area contributed by atoms with Gasteiger partial charge in [0.15, 0.2) is 0 Å². The van der Waals surface area contributed by atoms with Crippen molar-refractivity contribution in [3.05, 3.63) is 11.3 Å². The van der Waals surface area contributed by atoms with Crippen molar-refractivity contribution in [2.75, 3.05) is 25.5 Å². The third-order valence-electron chi connectivity index (χ3n) is 2.10. The second-order valence-corrected chi connectivity index (χ2v) is 4.23. The van der Waals surface area contributed by atoms with E-state index in [2.05, 4.69) is 20.3 Å². The summed E-state index contributed by atoms with van der Waals surface area (Å²) in [5.41, 5.74) is 1.27. The monoisotopic (exact) mass is 256 g/mol. The average Bonchev–Trinajstić information content (AvgIpc) is 2.65. The van der Waals surface area contributed by atoms with Crippen LogP contribution in [0.2, 0.25) is 0 Å². The number of hydrogen-bond acceptors (Lipinski definition) is 5. The van der Waals surface area contributed by atoms with Gasteiger partial charge in [-0.1, -0.05) is 0 Å². The standard InChI is InChI=1S/C10H16N4O2S/c1-6-8(10(11-3)17-14-6)9(16)13-5-4-12-7(2)15/h11H,4-5H2,1-3H3,(H,12,15)(H,13,16). The van der Waals surface area contributed by atoms with Gasteiger partial charge in [-0.25, -0.2) is 0 Å². The Morgan fingerprint density at radius 2 is 1.94 bits per heavy atom. The summed E-state index contributed by atoms with van der Waals surface area (Å²) >= 11 is 1.26. The summed E-state index contributed by atoms with van der Waals surface area (Å²) in [6.45, 7) is 4.05. The van der Waals surface area contributed by atoms with E-state index >= 15 is 0 Å². The zero-order valence-electron chi connectivity index (χ0n) is 10.1. The number of carbonyl (C=O) groups excluding carboxylic acids is 2. The van der Waals surface area contributed by atoms with Gasteiger partial charge in [-0.2, -0.15) is 4.37 Å². The molecule has 1 heterocycles. The van der Waals surface area contributed by atoms with Crippen molar-refractivity contribution in [1.82, 2.24) is 15.0 Å². The van der Waals surface area contributed by atoms with Gasteiger partial charge in [-0.05, 0) is 18.5 Å². The summed E-state index contributed by atoms with van der Waals surface area (Å²) in [5.74, 6) is -0.283. The van der Waals surface area contributed by atoms with Crippen LogP contribution in [-0.4, -0.2) is 36.3 Å². The molecule has 0 bridgehead atoms. The van der Waals surface area contributed by atoms with Crippen molar-refractivity contribution in [3.63, 3.8) is 0 Å². The molecule has 0 aliphatic rings. The molecule has 2 amide bonds. The SMILES string of the molecule is CNc1snc(C)c1C(=O)NCCNC(C)=O. The van der Waals surface area contributed by atoms with Gasteiger partial charge >= 0.3 is 0 Å². The number of anilines is 1. The number of nitrogens with zero attached hydrogens (tertiary/aromatic N) is 1. The molecule has 0 aliphatic carbocycles. The molecule has 0 aromatic carbocycles. The molecular weight excluding hydrogens is 240 g/mol. The molecule has 0 radical (unpaired) electrons. The van der Waals surface area contributed by atoms with Crippen LogP contribution >= 0.6 is 11.5 Å². The first-order chi connectivity index (χ1) is 8.06. The lowest BCUT2D eigenvalue weighted by molar-refractivity contribution is -0.118.